The Balaban J connectivity index is 1.78. The summed E-state index contributed by atoms with van der Waals surface area (Å²) in [7, 11) is 1.82. The molecular formula is C17H16ClN7O. The molecule has 0 atom stereocenters. The molecular weight excluding hydrogens is 354 g/mol. The van der Waals surface area contributed by atoms with E-state index in [1.807, 2.05) is 13.1 Å². The van der Waals surface area contributed by atoms with Crippen molar-refractivity contribution in [1.82, 2.24) is 19.7 Å². The van der Waals surface area contributed by atoms with Crippen molar-refractivity contribution in [3.63, 3.8) is 0 Å². The molecule has 3 N–H and O–H groups in total. The van der Waals surface area contributed by atoms with Gasteiger partial charge in [-0.3, -0.25) is 9.48 Å². The van der Waals surface area contributed by atoms with Crippen molar-refractivity contribution in [3.05, 3.63) is 60.5 Å². The highest BCUT2D eigenvalue weighted by Gasteiger charge is 2.08. The molecule has 0 saturated heterocycles. The summed E-state index contributed by atoms with van der Waals surface area (Å²) in [5.74, 6) is 0.520. The standard InChI is InChI=1S/C17H16ClN7O/c1-3-15(26)21-11-5-4-6-12(7-11)22-16-14(18)9-19-17(24-16)23-13-8-20-25(2)10-13/h3-10H,1H2,2H3,(H,21,26)(H2,19,22,23,24). The van der Waals surface area contributed by atoms with E-state index in [4.69, 9.17) is 11.6 Å². The molecule has 8 nitrogen and oxygen atoms in total. The Labute approximate surface area is 154 Å². The van der Waals surface area contributed by atoms with E-state index in [1.165, 1.54) is 12.3 Å². The van der Waals surface area contributed by atoms with Crippen LogP contribution in [0.1, 0.15) is 0 Å². The van der Waals surface area contributed by atoms with E-state index in [2.05, 4.69) is 37.6 Å². The molecule has 0 aliphatic carbocycles. The van der Waals surface area contributed by atoms with Crippen LogP contribution in [0.25, 0.3) is 0 Å². The van der Waals surface area contributed by atoms with Crippen LogP contribution in [-0.4, -0.2) is 25.7 Å². The number of anilines is 5. The van der Waals surface area contributed by atoms with Gasteiger partial charge in [-0.2, -0.15) is 10.1 Å². The van der Waals surface area contributed by atoms with Gasteiger partial charge in [0.25, 0.3) is 0 Å². The van der Waals surface area contributed by atoms with Crippen LogP contribution in [0, 0.1) is 0 Å². The van der Waals surface area contributed by atoms with Gasteiger partial charge < -0.3 is 16.0 Å². The van der Waals surface area contributed by atoms with Gasteiger partial charge >= 0.3 is 0 Å². The molecule has 1 amide bonds. The average Bonchev–Trinajstić information content (AvgIpc) is 3.03. The van der Waals surface area contributed by atoms with Gasteiger partial charge in [-0.05, 0) is 24.3 Å². The van der Waals surface area contributed by atoms with Gasteiger partial charge in [-0.15, -0.1) is 0 Å². The maximum absolute atomic E-state index is 11.4. The van der Waals surface area contributed by atoms with Crippen molar-refractivity contribution >= 4 is 46.3 Å². The maximum atomic E-state index is 11.4. The van der Waals surface area contributed by atoms with E-state index in [0.29, 0.717) is 28.2 Å². The average molecular weight is 370 g/mol. The quantitative estimate of drug-likeness (QED) is 0.575. The van der Waals surface area contributed by atoms with Gasteiger partial charge in [0.05, 0.1) is 18.1 Å². The van der Waals surface area contributed by atoms with Gasteiger partial charge in [0.15, 0.2) is 5.82 Å². The lowest BCUT2D eigenvalue weighted by Gasteiger charge is -2.11. The number of benzene rings is 1. The predicted molar refractivity (Wildman–Crippen MR) is 102 cm³/mol. The first-order chi connectivity index (χ1) is 12.5. The molecule has 0 unspecified atom stereocenters. The number of nitrogens with zero attached hydrogens (tertiary/aromatic N) is 4. The number of carbonyl (C=O) groups is 1. The van der Waals surface area contributed by atoms with Crippen LogP contribution in [0.3, 0.4) is 0 Å². The highest BCUT2D eigenvalue weighted by atomic mass is 35.5. The van der Waals surface area contributed by atoms with Crippen LogP contribution < -0.4 is 16.0 Å². The molecule has 0 saturated carbocycles. The summed E-state index contributed by atoms with van der Waals surface area (Å²) >= 11 is 6.19. The van der Waals surface area contributed by atoms with E-state index < -0.39 is 0 Å². The minimum atomic E-state index is -0.287. The zero-order valence-electron chi connectivity index (χ0n) is 13.9. The molecule has 2 aromatic heterocycles. The molecule has 132 valence electrons. The predicted octanol–water partition coefficient (Wildman–Crippen LogP) is 3.48. The number of rotatable bonds is 6. The number of hydrogen-bond donors (Lipinski definition) is 3. The third-order valence-electron chi connectivity index (χ3n) is 3.28. The Morgan fingerprint density at radius 2 is 2.04 bits per heavy atom. The minimum absolute atomic E-state index is 0.287. The van der Waals surface area contributed by atoms with Crippen molar-refractivity contribution in [3.8, 4) is 0 Å². The highest BCUT2D eigenvalue weighted by Crippen LogP contribution is 2.26. The van der Waals surface area contributed by atoms with Crippen molar-refractivity contribution in [2.24, 2.45) is 7.05 Å². The molecule has 0 aliphatic rings. The zero-order valence-corrected chi connectivity index (χ0v) is 14.7. The first-order valence-electron chi connectivity index (χ1n) is 7.62. The van der Waals surface area contributed by atoms with Gasteiger partial charge in [0, 0.05) is 24.6 Å². The molecule has 3 rings (SSSR count). The SMILES string of the molecule is C=CC(=O)Nc1cccc(Nc2nc(Nc3cnn(C)c3)ncc2Cl)c1. The van der Waals surface area contributed by atoms with Crippen molar-refractivity contribution < 1.29 is 4.79 Å². The van der Waals surface area contributed by atoms with Crippen LogP contribution in [0.2, 0.25) is 5.02 Å². The third kappa shape index (κ3) is 4.37. The molecule has 26 heavy (non-hydrogen) atoms. The van der Waals surface area contributed by atoms with E-state index in [1.54, 1.807) is 35.3 Å². The first kappa shape index (κ1) is 17.4. The summed E-state index contributed by atoms with van der Waals surface area (Å²) in [6.45, 7) is 3.43. The number of nitrogens with one attached hydrogen (secondary N) is 3. The lowest BCUT2D eigenvalue weighted by Crippen LogP contribution is -2.07. The number of halogens is 1. The molecule has 0 bridgehead atoms. The van der Waals surface area contributed by atoms with E-state index in [0.717, 1.165) is 5.69 Å². The normalized spacial score (nSPS) is 10.2. The molecule has 0 fully saturated rings. The molecule has 3 aromatic rings. The van der Waals surface area contributed by atoms with Gasteiger partial charge in [0.2, 0.25) is 11.9 Å². The summed E-state index contributed by atoms with van der Waals surface area (Å²) in [5, 5.41) is 13.3. The Kier molecular flexibility index (Phi) is 5.14. The maximum Gasteiger partial charge on any atom is 0.247 e. The molecule has 0 aliphatic heterocycles. The van der Waals surface area contributed by atoms with E-state index >= 15 is 0 Å². The van der Waals surface area contributed by atoms with E-state index in [9.17, 15) is 4.79 Å². The number of hydrogen-bond acceptors (Lipinski definition) is 6. The van der Waals surface area contributed by atoms with Crippen molar-refractivity contribution in [2.45, 2.75) is 0 Å². The van der Waals surface area contributed by atoms with Crippen LogP contribution in [0.5, 0.6) is 0 Å². The van der Waals surface area contributed by atoms with Crippen LogP contribution in [0.15, 0.2) is 55.5 Å². The second-order valence-corrected chi connectivity index (χ2v) is 5.72. The summed E-state index contributed by atoms with van der Waals surface area (Å²) < 4.78 is 1.67. The largest absolute Gasteiger partial charge is 0.339 e. The lowest BCUT2D eigenvalue weighted by atomic mass is 10.2. The molecule has 2 heterocycles. The molecule has 0 spiro atoms. The monoisotopic (exact) mass is 369 g/mol. The summed E-state index contributed by atoms with van der Waals surface area (Å²) in [5.41, 5.74) is 2.09. The fraction of sp³-hybridized carbons (Fsp3) is 0.0588. The van der Waals surface area contributed by atoms with Crippen molar-refractivity contribution in [2.75, 3.05) is 16.0 Å². The Morgan fingerprint density at radius 3 is 2.77 bits per heavy atom. The number of aromatic nitrogens is 4. The topological polar surface area (TPSA) is 96.8 Å². The van der Waals surface area contributed by atoms with Gasteiger partial charge in [-0.25, -0.2) is 4.98 Å². The fourth-order valence-corrected chi connectivity index (χ4v) is 2.27. The molecule has 1 aromatic carbocycles. The van der Waals surface area contributed by atoms with Crippen molar-refractivity contribution in [1.29, 1.82) is 0 Å². The van der Waals surface area contributed by atoms with E-state index in [-0.39, 0.29) is 5.91 Å². The summed E-state index contributed by atoms with van der Waals surface area (Å²) in [6.07, 6.45) is 6.17. The van der Waals surface area contributed by atoms with Gasteiger partial charge in [0.1, 0.15) is 5.02 Å². The van der Waals surface area contributed by atoms with Gasteiger partial charge in [-0.1, -0.05) is 24.2 Å². The summed E-state index contributed by atoms with van der Waals surface area (Å²) in [4.78, 5) is 19.9. The van der Waals surface area contributed by atoms with Crippen LogP contribution >= 0.6 is 11.6 Å². The van der Waals surface area contributed by atoms with Crippen LogP contribution in [0.4, 0.5) is 28.8 Å². The second kappa shape index (κ2) is 7.66. The Morgan fingerprint density at radius 1 is 1.23 bits per heavy atom. The smallest absolute Gasteiger partial charge is 0.247 e. The lowest BCUT2D eigenvalue weighted by molar-refractivity contribution is -0.111. The van der Waals surface area contributed by atoms with Crippen LogP contribution in [-0.2, 0) is 11.8 Å². The number of carbonyl (C=O) groups excluding carboxylic acids is 1. The summed E-state index contributed by atoms with van der Waals surface area (Å²) in [6, 6.07) is 7.15. The number of amides is 1. The zero-order chi connectivity index (χ0) is 18.5. The minimum Gasteiger partial charge on any atom is -0.339 e. The third-order valence-corrected chi connectivity index (χ3v) is 3.56. The Hall–Kier alpha value is -3.39. The fourth-order valence-electron chi connectivity index (χ4n) is 2.13. The number of aryl methyl sites for hydroxylation is 1. The Bertz CT molecular complexity index is 954. The second-order valence-electron chi connectivity index (χ2n) is 5.32. The first-order valence-corrected chi connectivity index (χ1v) is 8.00. The molecule has 0 radical (unpaired) electrons. The molecule has 9 heteroatoms. The highest BCUT2D eigenvalue weighted by molar-refractivity contribution is 6.32.